The summed E-state index contributed by atoms with van der Waals surface area (Å²) >= 11 is 5.70. The van der Waals surface area contributed by atoms with Gasteiger partial charge in [-0.25, -0.2) is 4.98 Å². The van der Waals surface area contributed by atoms with Crippen molar-refractivity contribution in [1.29, 1.82) is 0 Å². The quantitative estimate of drug-likeness (QED) is 0.632. The Hall–Kier alpha value is -1.42. The molecule has 0 bridgehead atoms. The van der Waals surface area contributed by atoms with Crippen LogP contribution in [-0.2, 0) is 5.41 Å². The number of halogens is 1. The molecule has 1 fully saturated rings. The van der Waals surface area contributed by atoms with E-state index in [0.29, 0.717) is 10.9 Å². The largest absolute Gasteiger partial charge is 0.400 e. The van der Waals surface area contributed by atoms with Crippen LogP contribution in [0.15, 0.2) is 35.4 Å². The van der Waals surface area contributed by atoms with E-state index < -0.39 is 0 Å². The average Bonchev–Trinajstić information content (AvgIpc) is 3.00. The molecule has 4 nitrogen and oxygen atoms in total. The van der Waals surface area contributed by atoms with Gasteiger partial charge in [0.25, 0.3) is 0 Å². The van der Waals surface area contributed by atoms with E-state index >= 15 is 0 Å². The molecule has 0 radical (unpaired) electrons. The first kappa shape index (κ1) is 10.1. The molecule has 0 aliphatic heterocycles. The molecule has 1 aromatic heterocycles. The standard InChI is InChI=1S/C10H10ClN3O/c11-9-2-1-7(5-13-9)10(3-4-10)8(12)6-14-15/h1-2,5-6H,3-4,12H2/b8-6-. The SMILES string of the molecule is N/C(=C\N=O)C1(c2ccc(Cl)nc2)CC1. The first-order valence-corrected chi connectivity index (χ1v) is 4.97. The van der Waals surface area contributed by atoms with Gasteiger partial charge in [-0.05, 0) is 29.6 Å². The molecule has 15 heavy (non-hydrogen) atoms. The number of rotatable bonds is 3. The number of nitrogens with two attached hydrogens (primary N) is 1. The lowest BCUT2D eigenvalue weighted by Gasteiger charge is -2.14. The second-order valence-corrected chi connectivity index (χ2v) is 4.03. The average molecular weight is 224 g/mol. The lowest BCUT2D eigenvalue weighted by molar-refractivity contribution is 0.795. The van der Waals surface area contributed by atoms with Crippen LogP contribution in [0.2, 0.25) is 5.15 Å². The Morgan fingerprint density at radius 3 is 2.80 bits per heavy atom. The normalized spacial score (nSPS) is 18.6. The van der Waals surface area contributed by atoms with Crippen molar-refractivity contribution in [2.75, 3.05) is 0 Å². The summed E-state index contributed by atoms with van der Waals surface area (Å²) in [6, 6.07) is 3.60. The van der Waals surface area contributed by atoms with Crippen LogP contribution < -0.4 is 5.73 Å². The van der Waals surface area contributed by atoms with Crippen molar-refractivity contribution in [3.8, 4) is 0 Å². The van der Waals surface area contributed by atoms with E-state index in [1.165, 1.54) is 6.20 Å². The van der Waals surface area contributed by atoms with E-state index in [-0.39, 0.29) is 5.41 Å². The molecule has 0 saturated heterocycles. The Morgan fingerprint density at radius 2 is 2.33 bits per heavy atom. The highest BCUT2D eigenvalue weighted by molar-refractivity contribution is 6.29. The fourth-order valence-electron chi connectivity index (χ4n) is 1.71. The highest BCUT2D eigenvalue weighted by Crippen LogP contribution is 2.51. The maximum atomic E-state index is 10.1. The molecule has 1 aliphatic rings. The molecule has 0 unspecified atom stereocenters. The maximum Gasteiger partial charge on any atom is 0.129 e. The summed E-state index contributed by atoms with van der Waals surface area (Å²) in [4.78, 5) is 14.1. The van der Waals surface area contributed by atoms with Crippen LogP contribution in [-0.4, -0.2) is 4.98 Å². The summed E-state index contributed by atoms with van der Waals surface area (Å²) in [5, 5.41) is 3.15. The Labute approximate surface area is 92.1 Å². The fourth-order valence-corrected chi connectivity index (χ4v) is 1.82. The van der Waals surface area contributed by atoms with E-state index in [0.717, 1.165) is 18.4 Å². The second-order valence-electron chi connectivity index (χ2n) is 3.64. The maximum absolute atomic E-state index is 10.1. The van der Waals surface area contributed by atoms with Gasteiger partial charge < -0.3 is 5.73 Å². The first-order chi connectivity index (χ1) is 7.19. The topological polar surface area (TPSA) is 68.3 Å². The predicted molar refractivity (Wildman–Crippen MR) is 58.2 cm³/mol. The molecule has 0 amide bonds. The Kier molecular flexibility index (Phi) is 2.44. The van der Waals surface area contributed by atoms with Gasteiger partial charge in [0, 0.05) is 17.3 Å². The van der Waals surface area contributed by atoms with Gasteiger partial charge in [-0.2, -0.15) is 0 Å². The smallest absolute Gasteiger partial charge is 0.129 e. The molecule has 0 atom stereocenters. The minimum Gasteiger partial charge on any atom is -0.400 e. The third kappa shape index (κ3) is 1.72. The summed E-state index contributed by atoms with van der Waals surface area (Å²) in [7, 11) is 0. The molecular formula is C10H10ClN3O. The minimum absolute atomic E-state index is 0.231. The zero-order valence-electron chi connectivity index (χ0n) is 7.98. The molecule has 1 heterocycles. The molecule has 2 rings (SSSR count). The Morgan fingerprint density at radius 1 is 1.60 bits per heavy atom. The van der Waals surface area contributed by atoms with Crippen molar-refractivity contribution >= 4 is 11.6 Å². The Bertz CT molecular complexity index is 409. The number of hydrogen-bond acceptors (Lipinski definition) is 4. The molecule has 0 spiro atoms. The van der Waals surface area contributed by atoms with Crippen LogP contribution >= 0.6 is 11.6 Å². The number of hydrogen-bond donors (Lipinski definition) is 1. The predicted octanol–water partition coefficient (Wildman–Crippen LogP) is 2.33. The lowest BCUT2D eigenvalue weighted by atomic mass is 9.94. The third-order valence-corrected chi connectivity index (χ3v) is 3.00. The van der Waals surface area contributed by atoms with Crippen LogP contribution in [0, 0.1) is 4.91 Å². The summed E-state index contributed by atoms with van der Waals surface area (Å²) in [5.41, 5.74) is 7.06. The van der Waals surface area contributed by atoms with Crippen molar-refractivity contribution in [2.45, 2.75) is 18.3 Å². The number of nitroso groups, excluding NO2 is 1. The van der Waals surface area contributed by atoms with E-state index in [1.54, 1.807) is 12.3 Å². The zero-order chi connectivity index (χ0) is 10.9. The van der Waals surface area contributed by atoms with Crippen LogP contribution in [0.1, 0.15) is 18.4 Å². The zero-order valence-corrected chi connectivity index (χ0v) is 8.74. The first-order valence-electron chi connectivity index (χ1n) is 4.60. The highest BCUT2D eigenvalue weighted by Gasteiger charge is 2.47. The molecule has 5 heteroatoms. The van der Waals surface area contributed by atoms with Crippen molar-refractivity contribution < 1.29 is 0 Å². The summed E-state index contributed by atoms with van der Waals surface area (Å²) in [5.74, 6) is 0. The molecule has 1 aromatic rings. The Balaban J connectivity index is 2.34. The number of nitrogens with zero attached hydrogens (tertiary/aromatic N) is 2. The lowest BCUT2D eigenvalue weighted by Crippen LogP contribution is -2.17. The number of aromatic nitrogens is 1. The number of allylic oxidation sites excluding steroid dienone is 1. The van der Waals surface area contributed by atoms with Gasteiger partial charge in [-0.1, -0.05) is 17.7 Å². The minimum atomic E-state index is -0.231. The highest BCUT2D eigenvalue weighted by atomic mass is 35.5. The molecule has 0 aromatic carbocycles. The van der Waals surface area contributed by atoms with Gasteiger partial charge in [-0.15, -0.1) is 4.91 Å². The van der Waals surface area contributed by atoms with Crippen molar-refractivity contribution in [3.05, 3.63) is 45.9 Å². The second kappa shape index (κ2) is 3.62. The van der Waals surface area contributed by atoms with Gasteiger partial charge in [0.05, 0.1) is 6.20 Å². The van der Waals surface area contributed by atoms with Gasteiger partial charge in [0.15, 0.2) is 0 Å². The fraction of sp³-hybridized carbons (Fsp3) is 0.300. The molecule has 1 aliphatic carbocycles. The van der Waals surface area contributed by atoms with Crippen LogP contribution in [0.4, 0.5) is 0 Å². The van der Waals surface area contributed by atoms with Gasteiger partial charge in [-0.3, -0.25) is 0 Å². The molecule has 2 N–H and O–H groups in total. The molecule has 78 valence electrons. The van der Waals surface area contributed by atoms with Gasteiger partial charge in [0.1, 0.15) is 5.15 Å². The van der Waals surface area contributed by atoms with Crippen molar-refractivity contribution in [3.63, 3.8) is 0 Å². The van der Waals surface area contributed by atoms with E-state index in [9.17, 15) is 4.91 Å². The van der Waals surface area contributed by atoms with Gasteiger partial charge >= 0.3 is 0 Å². The monoisotopic (exact) mass is 223 g/mol. The summed E-state index contributed by atoms with van der Waals surface area (Å²) < 4.78 is 0. The van der Waals surface area contributed by atoms with Crippen molar-refractivity contribution in [2.24, 2.45) is 10.9 Å². The molecular weight excluding hydrogens is 214 g/mol. The van der Waals surface area contributed by atoms with E-state index in [4.69, 9.17) is 17.3 Å². The summed E-state index contributed by atoms with van der Waals surface area (Å²) in [6.07, 6.45) is 4.71. The van der Waals surface area contributed by atoms with Gasteiger partial charge in [0.2, 0.25) is 0 Å². The molecule has 1 saturated carbocycles. The third-order valence-electron chi connectivity index (χ3n) is 2.77. The van der Waals surface area contributed by atoms with Crippen LogP contribution in [0.25, 0.3) is 0 Å². The van der Waals surface area contributed by atoms with Crippen molar-refractivity contribution in [1.82, 2.24) is 4.98 Å². The van der Waals surface area contributed by atoms with E-state index in [1.807, 2.05) is 6.07 Å². The number of pyridine rings is 1. The van der Waals surface area contributed by atoms with E-state index in [2.05, 4.69) is 10.2 Å². The van der Waals surface area contributed by atoms with Crippen LogP contribution in [0.5, 0.6) is 0 Å². The summed E-state index contributed by atoms with van der Waals surface area (Å²) in [6.45, 7) is 0. The van der Waals surface area contributed by atoms with Crippen LogP contribution in [0.3, 0.4) is 0 Å².